The summed E-state index contributed by atoms with van der Waals surface area (Å²) in [7, 11) is 0. The molecule has 0 atom stereocenters. The van der Waals surface area contributed by atoms with Gasteiger partial charge >= 0.3 is 0 Å². The van der Waals surface area contributed by atoms with Gasteiger partial charge in [-0.1, -0.05) is 18.2 Å². The van der Waals surface area contributed by atoms with Crippen molar-refractivity contribution in [3.8, 4) is 0 Å². The fourth-order valence-corrected chi connectivity index (χ4v) is 2.47. The molecule has 0 saturated carbocycles. The fraction of sp³-hybridized carbons (Fsp3) is 0.286. The van der Waals surface area contributed by atoms with Gasteiger partial charge in [0.05, 0.1) is 6.20 Å². The van der Waals surface area contributed by atoms with E-state index in [0.29, 0.717) is 0 Å². The van der Waals surface area contributed by atoms with Crippen molar-refractivity contribution in [3.63, 3.8) is 0 Å². The van der Waals surface area contributed by atoms with Crippen LogP contribution in [0.15, 0.2) is 30.5 Å². The summed E-state index contributed by atoms with van der Waals surface area (Å²) in [5.41, 5.74) is 7.81. The molecular formula is C14H15FN4. The van der Waals surface area contributed by atoms with Crippen LogP contribution in [0, 0.1) is 5.82 Å². The molecule has 0 unspecified atom stereocenters. The molecule has 4 nitrogen and oxygen atoms in total. The zero-order valence-corrected chi connectivity index (χ0v) is 10.5. The second-order valence-corrected chi connectivity index (χ2v) is 4.64. The number of hydrogen-bond donors (Lipinski definition) is 1. The molecule has 0 fully saturated rings. The zero-order valence-electron chi connectivity index (χ0n) is 10.5. The number of nitrogens with zero attached hydrogens (tertiary/aromatic N) is 3. The summed E-state index contributed by atoms with van der Waals surface area (Å²) in [4.78, 5) is 9.63. The Hall–Kier alpha value is -2.17. The van der Waals surface area contributed by atoms with Crippen LogP contribution < -0.4 is 10.6 Å². The normalized spacial score (nSPS) is 14.9. The number of benzene rings is 1. The van der Waals surface area contributed by atoms with Gasteiger partial charge in [-0.05, 0) is 30.9 Å². The lowest BCUT2D eigenvalue weighted by Gasteiger charge is -2.24. The first-order valence-electron chi connectivity index (χ1n) is 6.39. The van der Waals surface area contributed by atoms with Crippen LogP contribution in [0.4, 0.5) is 21.8 Å². The Morgan fingerprint density at radius 2 is 2.05 bits per heavy atom. The summed E-state index contributed by atoms with van der Waals surface area (Å²) in [6.45, 7) is 0.740. The van der Waals surface area contributed by atoms with E-state index in [1.807, 2.05) is 23.1 Å². The lowest BCUT2D eigenvalue weighted by Crippen LogP contribution is -2.21. The predicted molar refractivity (Wildman–Crippen MR) is 72.8 cm³/mol. The van der Waals surface area contributed by atoms with Gasteiger partial charge in [-0.3, -0.25) is 0 Å². The number of aryl methyl sites for hydroxylation is 1. The summed E-state index contributed by atoms with van der Waals surface area (Å²) in [6, 6.07) is 8.04. The molecule has 3 rings (SSSR count). The van der Waals surface area contributed by atoms with Gasteiger partial charge in [0.1, 0.15) is 0 Å². The predicted octanol–water partition coefficient (Wildman–Crippen LogP) is 2.67. The first kappa shape index (κ1) is 11.9. The van der Waals surface area contributed by atoms with E-state index in [-0.39, 0.29) is 11.8 Å². The Labute approximate surface area is 111 Å². The van der Waals surface area contributed by atoms with Gasteiger partial charge in [0.15, 0.2) is 11.6 Å². The summed E-state index contributed by atoms with van der Waals surface area (Å²) in [5, 5.41) is 0. The molecule has 2 heterocycles. The third-order valence-electron chi connectivity index (χ3n) is 3.36. The number of hydrogen-bond acceptors (Lipinski definition) is 4. The smallest absolute Gasteiger partial charge is 0.222 e. The van der Waals surface area contributed by atoms with Crippen molar-refractivity contribution in [2.45, 2.75) is 19.3 Å². The van der Waals surface area contributed by atoms with E-state index in [1.165, 1.54) is 5.56 Å². The lowest BCUT2D eigenvalue weighted by molar-refractivity contribution is 0.609. The van der Waals surface area contributed by atoms with E-state index in [4.69, 9.17) is 5.73 Å². The van der Waals surface area contributed by atoms with Crippen LogP contribution in [0.3, 0.4) is 0 Å². The van der Waals surface area contributed by atoms with E-state index < -0.39 is 5.82 Å². The number of halogens is 1. The van der Waals surface area contributed by atoms with Gasteiger partial charge < -0.3 is 10.6 Å². The molecule has 1 aromatic heterocycles. The fourth-order valence-electron chi connectivity index (χ4n) is 2.47. The lowest BCUT2D eigenvalue weighted by atomic mass is 10.1. The topological polar surface area (TPSA) is 55.0 Å². The molecule has 0 radical (unpaired) electrons. The molecule has 1 aliphatic rings. The molecular weight excluding hydrogens is 243 g/mol. The molecule has 1 aromatic carbocycles. The van der Waals surface area contributed by atoms with Gasteiger partial charge in [-0.2, -0.15) is 4.98 Å². The number of aromatic nitrogens is 2. The maximum Gasteiger partial charge on any atom is 0.222 e. The maximum absolute atomic E-state index is 14.0. The molecule has 1 aliphatic heterocycles. The Kier molecular flexibility index (Phi) is 3.03. The zero-order chi connectivity index (χ0) is 13.2. The third kappa shape index (κ3) is 2.23. The average Bonchev–Trinajstić information content (AvgIpc) is 2.64. The molecule has 0 amide bonds. The Balaban J connectivity index is 2.11. The third-order valence-corrected chi connectivity index (χ3v) is 3.36. The Morgan fingerprint density at radius 3 is 2.95 bits per heavy atom. The quantitative estimate of drug-likeness (QED) is 0.854. The minimum atomic E-state index is -0.439. The minimum Gasteiger partial charge on any atom is -0.368 e. The van der Waals surface area contributed by atoms with E-state index in [9.17, 15) is 4.39 Å². The van der Waals surface area contributed by atoms with Crippen molar-refractivity contribution in [2.75, 3.05) is 17.2 Å². The molecule has 19 heavy (non-hydrogen) atoms. The van der Waals surface area contributed by atoms with Gasteiger partial charge in [0.25, 0.3) is 0 Å². The summed E-state index contributed by atoms with van der Waals surface area (Å²) >= 11 is 0. The van der Waals surface area contributed by atoms with Gasteiger partial charge in [-0.15, -0.1) is 0 Å². The van der Waals surface area contributed by atoms with E-state index in [0.717, 1.165) is 37.7 Å². The number of nitrogen functional groups attached to an aromatic ring is 1. The maximum atomic E-state index is 14.0. The monoisotopic (exact) mass is 258 g/mol. The number of rotatable bonds is 1. The molecule has 2 N–H and O–H groups in total. The largest absolute Gasteiger partial charge is 0.368 e. The number of fused-ring (bicyclic) bond motifs is 1. The van der Waals surface area contributed by atoms with Crippen molar-refractivity contribution in [1.82, 2.24) is 9.97 Å². The second-order valence-electron chi connectivity index (χ2n) is 4.64. The summed E-state index contributed by atoms with van der Waals surface area (Å²) in [5.74, 6) is -0.0779. The standard InChI is InChI=1S/C14H15FN4/c15-11-9-17-14(16)18-13(11)19-8-4-3-6-10-5-1-2-7-12(10)19/h1-2,5,7,9H,3-4,6,8H2,(H2,16,17,18). The van der Waals surface area contributed by atoms with Crippen LogP contribution in [0.25, 0.3) is 0 Å². The highest BCUT2D eigenvalue weighted by Gasteiger charge is 2.20. The van der Waals surface area contributed by atoms with Crippen LogP contribution in [-0.2, 0) is 6.42 Å². The highest BCUT2D eigenvalue weighted by molar-refractivity contribution is 5.65. The molecule has 0 saturated heterocycles. The second kappa shape index (κ2) is 4.84. The average molecular weight is 258 g/mol. The van der Waals surface area contributed by atoms with E-state index in [1.54, 1.807) is 0 Å². The van der Waals surface area contributed by atoms with Crippen molar-refractivity contribution in [2.24, 2.45) is 0 Å². The van der Waals surface area contributed by atoms with Gasteiger partial charge in [-0.25, -0.2) is 9.37 Å². The Bertz CT molecular complexity index is 600. The van der Waals surface area contributed by atoms with E-state index in [2.05, 4.69) is 16.0 Å². The summed E-state index contributed by atoms with van der Waals surface area (Å²) in [6.07, 6.45) is 4.23. The first-order chi connectivity index (χ1) is 9.25. The van der Waals surface area contributed by atoms with Crippen LogP contribution >= 0.6 is 0 Å². The minimum absolute atomic E-state index is 0.0955. The highest BCUT2D eigenvalue weighted by Crippen LogP contribution is 2.32. The molecule has 5 heteroatoms. The number of nitrogens with two attached hydrogens (primary N) is 1. The molecule has 0 bridgehead atoms. The van der Waals surface area contributed by atoms with Crippen LogP contribution in [-0.4, -0.2) is 16.5 Å². The van der Waals surface area contributed by atoms with Crippen molar-refractivity contribution < 1.29 is 4.39 Å². The molecule has 0 aliphatic carbocycles. The van der Waals surface area contributed by atoms with Crippen LogP contribution in [0.2, 0.25) is 0 Å². The van der Waals surface area contributed by atoms with E-state index >= 15 is 0 Å². The SMILES string of the molecule is Nc1ncc(F)c(N2CCCCc3ccccc32)n1. The number of anilines is 3. The van der Waals surface area contributed by atoms with Crippen molar-refractivity contribution in [1.29, 1.82) is 0 Å². The van der Waals surface area contributed by atoms with Crippen molar-refractivity contribution >= 4 is 17.5 Å². The van der Waals surface area contributed by atoms with Crippen molar-refractivity contribution in [3.05, 3.63) is 41.8 Å². The first-order valence-corrected chi connectivity index (χ1v) is 6.39. The van der Waals surface area contributed by atoms with Crippen LogP contribution in [0.1, 0.15) is 18.4 Å². The molecule has 98 valence electrons. The Morgan fingerprint density at radius 1 is 1.21 bits per heavy atom. The summed E-state index contributed by atoms with van der Waals surface area (Å²) < 4.78 is 14.0. The highest BCUT2D eigenvalue weighted by atomic mass is 19.1. The van der Waals surface area contributed by atoms with Gasteiger partial charge in [0, 0.05) is 12.2 Å². The molecule has 0 spiro atoms. The number of para-hydroxylation sites is 1. The van der Waals surface area contributed by atoms with Gasteiger partial charge in [0.2, 0.25) is 5.95 Å². The molecule has 2 aromatic rings. The van der Waals surface area contributed by atoms with Crippen LogP contribution in [0.5, 0.6) is 0 Å².